The SMILES string of the molecule is COCCCC(N)C(=O)Nc1nc(C)ns1. The lowest BCUT2D eigenvalue weighted by atomic mass is 10.1. The molecule has 0 spiro atoms. The highest BCUT2D eigenvalue weighted by Crippen LogP contribution is 2.10. The lowest BCUT2D eigenvalue weighted by Gasteiger charge is -2.09. The van der Waals surface area contributed by atoms with Crippen molar-refractivity contribution in [3.05, 3.63) is 5.82 Å². The van der Waals surface area contributed by atoms with Crippen molar-refractivity contribution in [2.24, 2.45) is 5.73 Å². The molecule has 0 aliphatic rings. The Morgan fingerprint density at radius 2 is 2.44 bits per heavy atom. The normalized spacial score (nSPS) is 12.4. The summed E-state index contributed by atoms with van der Waals surface area (Å²) >= 11 is 1.15. The highest BCUT2D eigenvalue weighted by atomic mass is 32.1. The lowest BCUT2D eigenvalue weighted by molar-refractivity contribution is -0.117. The van der Waals surface area contributed by atoms with Crippen LogP contribution in [-0.4, -0.2) is 35.0 Å². The van der Waals surface area contributed by atoms with E-state index in [1.54, 1.807) is 14.0 Å². The van der Waals surface area contributed by atoms with Gasteiger partial charge < -0.3 is 10.5 Å². The summed E-state index contributed by atoms with van der Waals surface area (Å²) in [5, 5.41) is 3.12. The van der Waals surface area contributed by atoms with Crippen LogP contribution in [0.4, 0.5) is 5.13 Å². The van der Waals surface area contributed by atoms with Crippen LogP contribution < -0.4 is 11.1 Å². The number of nitrogens with one attached hydrogen (secondary N) is 1. The first-order chi connectivity index (χ1) is 7.63. The van der Waals surface area contributed by atoms with Gasteiger partial charge in [0, 0.05) is 25.2 Å². The molecular formula is C9H16N4O2S. The van der Waals surface area contributed by atoms with E-state index < -0.39 is 6.04 Å². The smallest absolute Gasteiger partial charge is 0.243 e. The zero-order valence-electron chi connectivity index (χ0n) is 9.40. The molecule has 1 heterocycles. The first-order valence-corrected chi connectivity index (χ1v) is 5.76. The molecule has 0 saturated heterocycles. The minimum Gasteiger partial charge on any atom is -0.385 e. The Hall–Kier alpha value is -1.05. The number of hydrogen-bond donors (Lipinski definition) is 2. The second-order valence-electron chi connectivity index (χ2n) is 3.38. The molecule has 1 atom stereocenters. The fourth-order valence-electron chi connectivity index (χ4n) is 1.12. The Labute approximate surface area is 98.4 Å². The van der Waals surface area contributed by atoms with E-state index in [-0.39, 0.29) is 5.91 Å². The third-order valence-corrected chi connectivity index (χ3v) is 2.68. The maximum Gasteiger partial charge on any atom is 0.243 e. The van der Waals surface area contributed by atoms with E-state index in [9.17, 15) is 4.79 Å². The van der Waals surface area contributed by atoms with Gasteiger partial charge in [-0.2, -0.15) is 4.37 Å². The third kappa shape index (κ3) is 4.21. The van der Waals surface area contributed by atoms with E-state index in [1.807, 2.05) is 0 Å². The second-order valence-corrected chi connectivity index (χ2v) is 4.13. The molecule has 7 heteroatoms. The van der Waals surface area contributed by atoms with Crippen LogP contribution in [0.3, 0.4) is 0 Å². The van der Waals surface area contributed by atoms with E-state index in [2.05, 4.69) is 14.7 Å². The summed E-state index contributed by atoms with van der Waals surface area (Å²) in [6.45, 7) is 2.38. The highest BCUT2D eigenvalue weighted by molar-refractivity contribution is 7.09. The quantitative estimate of drug-likeness (QED) is 0.713. The van der Waals surface area contributed by atoms with E-state index in [0.29, 0.717) is 24.0 Å². The summed E-state index contributed by atoms with van der Waals surface area (Å²) in [7, 11) is 1.62. The number of rotatable bonds is 6. The van der Waals surface area contributed by atoms with Crippen LogP contribution in [0.5, 0.6) is 0 Å². The maximum atomic E-state index is 11.6. The van der Waals surface area contributed by atoms with Crippen LogP contribution >= 0.6 is 11.5 Å². The summed E-state index contributed by atoms with van der Waals surface area (Å²) in [5.74, 6) is 0.417. The topological polar surface area (TPSA) is 90.1 Å². The molecule has 1 aromatic heterocycles. The van der Waals surface area contributed by atoms with Gasteiger partial charge in [0.15, 0.2) is 0 Å². The van der Waals surface area contributed by atoms with Gasteiger partial charge >= 0.3 is 0 Å². The van der Waals surface area contributed by atoms with Crippen LogP contribution in [0.1, 0.15) is 18.7 Å². The minimum atomic E-state index is -0.528. The monoisotopic (exact) mass is 244 g/mol. The number of hydrogen-bond acceptors (Lipinski definition) is 6. The predicted octanol–water partition coefficient (Wildman–Crippen LogP) is 0.539. The summed E-state index contributed by atoms with van der Waals surface area (Å²) in [6.07, 6.45) is 1.36. The van der Waals surface area contributed by atoms with Crippen LogP contribution in [0.2, 0.25) is 0 Å². The largest absolute Gasteiger partial charge is 0.385 e. The van der Waals surface area contributed by atoms with Crippen LogP contribution in [0, 0.1) is 6.92 Å². The summed E-state index contributed by atoms with van der Waals surface area (Å²) < 4.78 is 8.85. The zero-order chi connectivity index (χ0) is 12.0. The molecule has 1 unspecified atom stereocenters. The molecule has 0 radical (unpaired) electrons. The Balaban J connectivity index is 2.34. The number of aryl methyl sites for hydroxylation is 1. The maximum absolute atomic E-state index is 11.6. The van der Waals surface area contributed by atoms with Crippen LogP contribution in [0.15, 0.2) is 0 Å². The molecule has 0 aromatic carbocycles. The van der Waals surface area contributed by atoms with Crippen molar-refractivity contribution in [2.45, 2.75) is 25.8 Å². The Morgan fingerprint density at radius 3 is 3.00 bits per heavy atom. The van der Waals surface area contributed by atoms with Gasteiger partial charge in [0.25, 0.3) is 0 Å². The molecule has 6 nitrogen and oxygen atoms in total. The minimum absolute atomic E-state index is 0.229. The van der Waals surface area contributed by atoms with Gasteiger partial charge in [-0.05, 0) is 19.8 Å². The van der Waals surface area contributed by atoms with Crippen molar-refractivity contribution in [1.82, 2.24) is 9.36 Å². The number of carbonyl (C=O) groups is 1. The van der Waals surface area contributed by atoms with Crippen LogP contribution in [-0.2, 0) is 9.53 Å². The second kappa shape index (κ2) is 6.51. The van der Waals surface area contributed by atoms with Crippen LogP contribution in [0.25, 0.3) is 0 Å². The first kappa shape index (κ1) is 13.0. The van der Waals surface area contributed by atoms with E-state index in [1.165, 1.54) is 0 Å². The molecule has 1 amide bonds. The molecule has 3 N–H and O–H groups in total. The predicted molar refractivity (Wildman–Crippen MR) is 62.4 cm³/mol. The number of anilines is 1. The lowest BCUT2D eigenvalue weighted by Crippen LogP contribution is -2.35. The molecule has 0 fully saturated rings. The zero-order valence-corrected chi connectivity index (χ0v) is 10.2. The molecule has 0 saturated carbocycles. The van der Waals surface area contributed by atoms with Crippen molar-refractivity contribution in [3.63, 3.8) is 0 Å². The molecule has 90 valence electrons. The van der Waals surface area contributed by atoms with Gasteiger partial charge in [0.2, 0.25) is 11.0 Å². The van der Waals surface area contributed by atoms with E-state index >= 15 is 0 Å². The van der Waals surface area contributed by atoms with Gasteiger partial charge in [-0.3, -0.25) is 10.1 Å². The Bertz CT molecular complexity index is 342. The van der Waals surface area contributed by atoms with Crippen molar-refractivity contribution in [2.75, 3.05) is 19.0 Å². The first-order valence-electron chi connectivity index (χ1n) is 4.99. The van der Waals surface area contributed by atoms with Crippen molar-refractivity contribution in [1.29, 1.82) is 0 Å². The van der Waals surface area contributed by atoms with Gasteiger partial charge in [0.05, 0.1) is 6.04 Å². The molecule has 1 aromatic rings. The number of nitrogens with zero attached hydrogens (tertiary/aromatic N) is 2. The summed E-state index contributed by atoms with van der Waals surface area (Å²) in [4.78, 5) is 15.6. The standard InChI is InChI=1S/C9H16N4O2S/c1-6-11-9(16-13-6)12-8(14)7(10)4-3-5-15-2/h7H,3-5,10H2,1-2H3,(H,11,12,13,14). The fraction of sp³-hybridized carbons (Fsp3) is 0.667. The fourth-order valence-corrected chi connectivity index (χ4v) is 1.70. The number of aromatic nitrogens is 2. The molecular weight excluding hydrogens is 228 g/mol. The number of amides is 1. The average molecular weight is 244 g/mol. The Kier molecular flexibility index (Phi) is 5.30. The van der Waals surface area contributed by atoms with E-state index in [4.69, 9.17) is 10.5 Å². The van der Waals surface area contributed by atoms with E-state index in [0.717, 1.165) is 18.0 Å². The number of methoxy groups -OCH3 is 1. The van der Waals surface area contributed by atoms with Gasteiger partial charge in [-0.1, -0.05) is 0 Å². The molecule has 1 rings (SSSR count). The van der Waals surface area contributed by atoms with Crippen molar-refractivity contribution in [3.8, 4) is 0 Å². The molecule has 0 aliphatic carbocycles. The summed E-state index contributed by atoms with van der Waals surface area (Å²) in [5.41, 5.74) is 5.70. The average Bonchev–Trinajstić information content (AvgIpc) is 2.64. The number of carbonyl (C=O) groups excluding carboxylic acids is 1. The molecule has 0 aliphatic heterocycles. The highest BCUT2D eigenvalue weighted by Gasteiger charge is 2.14. The van der Waals surface area contributed by atoms with Crippen molar-refractivity contribution < 1.29 is 9.53 Å². The Morgan fingerprint density at radius 1 is 1.69 bits per heavy atom. The van der Waals surface area contributed by atoms with Gasteiger partial charge in [-0.15, -0.1) is 0 Å². The summed E-state index contributed by atoms with van der Waals surface area (Å²) in [6, 6.07) is -0.528. The van der Waals surface area contributed by atoms with Gasteiger partial charge in [-0.25, -0.2) is 4.98 Å². The number of ether oxygens (including phenoxy) is 1. The molecule has 0 bridgehead atoms. The number of nitrogens with two attached hydrogens (primary N) is 1. The third-order valence-electron chi connectivity index (χ3n) is 1.96. The van der Waals surface area contributed by atoms with Gasteiger partial charge in [0.1, 0.15) is 5.82 Å². The molecule has 16 heavy (non-hydrogen) atoms. The van der Waals surface area contributed by atoms with Crippen molar-refractivity contribution >= 4 is 22.6 Å².